The van der Waals surface area contributed by atoms with E-state index in [9.17, 15) is 44.7 Å². The quantitative estimate of drug-likeness (QED) is 0.0765. The molecule has 0 saturated heterocycles. The van der Waals surface area contributed by atoms with Gasteiger partial charge in [-0.1, -0.05) is 61.8 Å². The molecule has 0 fully saturated rings. The molecule has 0 bridgehead atoms. The van der Waals surface area contributed by atoms with Crippen molar-refractivity contribution < 1.29 is 68.8 Å². The second-order valence-electron chi connectivity index (χ2n) is 11.3. The van der Waals surface area contributed by atoms with Gasteiger partial charge in [0.15, 0.2) is 6.10 Å². The largest absolute Gasteiger partial charge is 0.460 e. The molecule has 6 N–H and O–H groups in total. The van der Waals surface area contributed by atoms with Crippen molar-refractivity contribution in [3.8, 4) is 0 Å². The predicted octanol–water partition coefficient (Wildman–Crippen LogP) is -0.144. The summed E-state index contributed by atoms with van der Waals surface area (Å²) in [6, 6.07) is 0. The highest BCUT2D eigenvalue weighted by Gasteiger charge is 2.40. The van der Waals surface area contributed by atoms with Crippen molar-refractivity contribution in [2.24, 2.45) is 23.7 Å². The second kappa shape index (κ2) is 19.8. The first-order valence-corrected chi connectivity index (χ1v) is 14.8. The van der Waals surface area contributed by atoms with Gasteiger partial charge in [-0.15, -0.1) is 0 Å². The molecule has 0 spiro atoms. The van der Waals surface area contributed by atoms with E-state index in [-0.39, 0.29) is 0 Å². The first-order valence-electron chi connectivity index (χ1n) is 14.8. The van der Waals surface area contributed by atoms with Crippen LogP contribution in [0.2, 0.25) is 0 Å². The van der Waals surface area contributed by atoms with Crippen LogP contribution in [0.5, 0.6) is 0 Å². The minimum atomic E-state index is -1.97. The molecule has 43 heavy (non-hydrogen) atoms. The molecule has 0 aliphatic rings. The first kappa shape index (κ1) is 40.6. The van der Waals surface area contributed by atoms with Crippen LogP contribution < -0.4 is 0 Å². The summed E-state index contributed by atoms with van der Waals surface area (Å²) >= 11 is 0. The Labute approximate surface area is 253 Å². The summed E-state index contributed by atoms with van der Waals surface area (Å²) in [6.07, 6.45) is -12.2. The van der Waals surface area contributed by atoms with Crippen LogP contribution in [0, 0.1) is 23.7 Å². The Balaban J connectivity index is 5.75. The molecule has 11 unspecified atom stereocenters. The number of hydrogen-bond donors (Lipinski definition) is 6. The monoisotopic (exact) mass is 624 g/mol. The molecule has 252 valence electrons. The van der Waals surface area contributed by atoms with Gasteiger partial charge in [-0.05, 0) is 18.8 Å². The van der Waals surface area contributed by atoms with E-state index in [4.69, 9.17) is 24.1 Å². The Morgan fingerprint density at radius 2 is 0.953 bits per heavy atom. The van der Waals surface area contributed by atoms with Gasteiger partial charge in [-0.3, -0.25) is 0 Å². The summed E-state index contributed by atoms with van der Waals surface area (Å²) in [6.45, 7) is 11.5. The lowest BCUT2D eigenvalue weighted by atomic mass is 9.99. The Bertz CT molecular complexity index is 864. The number of esters is 4. The van der Waals surface area contributed by atoms with Crippen LogP contribution in [-0.4, -0.2) is 117 Å². The lowest BCUT2D eigenvalue weighted by molar-refractivity contribution is -0.193. The SMILES string of the molecule is CCC(C)C(O)C(=O)OC(C(=O)OC(C(=O)OC(C(=O)OCC(O)C(O)C(O)C(O)CO)C(C)CC)C(C)CC)C(C)C. The zero-order valence-corrected chi connectivity index (χ0v) is 26.4. The third-order valence-corrected chi connectivity index (χ3v) is 7.50. The van der Waals surface area contributed by atoms with Crippen molar-refractivity contribution in [2.75, 3.05) is 13.2 Å². The fraction of sp³-hybridized carbons (Fsp3) is 0.862. The lowest BCUT2D eigenvalue weighted by Gasteiger charge is -2.29. The summed E-state index contributed by atoms with van der Waals surface area (Å²) in [5.74, 6) is -6.37. The topological polar surface area (TPSA) is 227 Å². The summed E-state index contributed by atoms with van der Waals surface area (Å²) in [7, 11) is 0. The minimum Gasteiger partial charge on any atom is -0.460 e. The Kier molecular flexibility index (Phi) is 18.7. The highest BCUT2D eigenvalue weighted by atomic mass is 16.6. The van der Waals surface area contributed by atoms with Gasteiger partial charge in [-0.2, -0.15) is 0 Å². The van der Waals surface area contributed by atoms with E-state index >= 15 is 0 Å². The first-order chi connectivity index (χ1) is 20.0. The lowest BCUT2D eigenvalue weighted by Crippen LogP contribution is -2.48. The van der Waals surface area contributed by atoms with Gasteiger partial charge in [0.1, 0.15) is 31.0 Å². The molecule has 0 aliphatic heterocycles. The van der Waals surface area contributed by atoms with Crippen molar-refractivity contribution in [3.63, 3.8) is 0 Å². The van der Waals surface area contributed by atoms with Crippen LogP contribution in [0.25, 0.3) is 0 Å². The van der Waals surface area contributed by atoms with Crippen molar-refractivity contribution >= 4 is 23.9 Å². The maximum Gasteiger partial charge on any atom is 0.348 e. The van der Waals surface area contributed by atoms with Crippen LogP contribution in [0.3, 0.4) is 0 Å². The van der Waals surface area contributed by atoms with Crippen LogP contribution in [-0.2, 0) is 38.1 Å². The van der Waals surface area contributed by atoms with Crippen molar-refractivity contribution in [1.82, 2.24) is 0 Å². The average Bonchev–Trinajstić information content (AvgIpc) is 2.99. The van der Waals surface area contributed by atoms with Gasteiger partial charge in [0.25, 0.3) is 0 Å². The van der Waals surface area contributed by atoms with E-state index in [0.29, 0.717) is 19.3 Å². The number of rotatable bonds is 20. The van der Waals surface area contributed by atoms with Gasteiger partial charge >= 0.3 is 23.9 Å². The van der Waals surface area contributed by atoms with Crippen LogP contribution in [0.1, 0.15) is 74.7 Å². The number of carbonyl (C=O) groups is 4. The van der Waals surface area contributed by atoms with E-state index in [1.54, 1.807) is 55.4 Å². The van der Waals surface area contributed by atoms with Gasteiger partial charge < -0.3 is 49.6 Å². The van der Waals surface area contributed by atoms with Crippen molar-refractivity contribution in [1.29, 1.82) is 0 Å². The Hall–Kier alpha value is -2.36. The maximum atomic E-state index is 13.3. The molecule has 0 aromatic rings. The molecular formula is C29H52O14. The molecule has 0 aromatic carbocycles. The molecule has 0 rings (SSSR count). The standard InChI is InChI=1S/C29H52O14/c1-9-15(6)20(33)26(36)41-23(14(4)5)28(38)43-25(17(8)11-3)29(39)42-24(16(7)10-2)27(37)40-13-19(32)22(35)21(34)18(31)12-30/h14-25,30-35H,9-13H2,1-8H3. The molecule has 0 amide bonds. The third kappa shape index (κ3) is 12.6. The van der Waals surface area contributed by atoms with E-state index in [0.717, 1.165) is 0 Å². The van der Waals surface area contributed by atoms with Gasteiger partial charge in [0.05, 0.1) is 6.61 Å². The summed E-state index contributed by atoms with van der Waals surface area (Å²) < 4.78 is 21.2. The second-order valence-corrected chi connectivity index (χ2v) is 11.3. The fourth-order valence-corrected chi connectivity index (χ4v) is 3.62. The molecule has 0 heterocycles. The number of ether oxygens (including phenoxy) is 4. The molecule has 14 nitrogen and oxygen atoms in total. The Morgan fingerprint density at radius 3 is 1.37 bits per heavy atom. The smallest absolute Gasteiger partial charge is 0.348 e. The zero-order chi connectivity index (χ0) is 33.6. The van der Waals surface area contributed by atoms with Crippen molar-refractivity contribution in [2.45, 2.75) is 123 Å². The zero-order valence-electron chi connectivity index (χ0n) is 26.4. The molecule has 0 aromatic heterocycles. The maximum absolute atomic E-state index is 13.3. The normalized spacial score (nSPS) is 19.4. The van der Waals surface area contributed by atoms with Crippen molar-refractivity contribution in [3.05, 3.63) is 0 Å². The molecular weight excluding hydrogens is 572 g/mol. The average molecular weight is 625 g/mol. The highest BCUT2D eigenvalue weighted by molar-refractivity contribution is 5.86. The number of carbonyl (C=O) groups excluding carboxylic acids is 4. The van der Waals surface area contributed by atoms with Gasteiger partial charge in [-0.25, -0.2) is 19.2 Å². The molecule has 0 saturated carbocycles. The predicted molar refractivity (Wildman–Crippen MR) is 151 cm³/mol. The summed E-state index contributed by atoms with van der Waals surface area (Å²) in [5, 5.41) is 58.3. The number of aliphatic hydroxyl groups excluding tert-OH is 6. The summed E-state index contributed by atoms with van der Waals surface area (Å²) in [5.41, 5.74) is 0. The van der Waals surface area contributed by atoms with E-state index < -0.39 is 110 Å². The highest BCUT2D eigenvalue weighted by Crippen LogP contribution is 2.22. The molecule has 11 atom stereocenters. The molecule has 14 heteroatoms. The van der Waals surface area contributed by atoms with Crippen LogP contribution in [0.4, 0.5) is 0 Å². The van der Waals surface area contributed by atoms with Gasteiger partial charge in [0.2, 0.25) is 18.3 Å². The number of aliphatic hydroxyl groups is 6. The van der Waals surface area contributed by atoms with E-state index in [1.807, 2.05) is 0 Å². The molecule has 0 radical (unpaired) electrons. The van der Waals surface area contributed by atoms with E-state index in [2.05, 4.69) is 0 Å². The minimum absolute atomic E-state index is 0.345. The Morgan fingerprint density at radius 1 is 0.558 bits per heavy atom. The number of hydrogen-bond acceptors (Lipinski definition) is 14. The van der Waals surface area contributed by atoms with E-state index in [1.165, 1.54) is 0 Å². The van der Waals surface area contributed by atoms with Gasteiger partial charge in [0, 0.05) is 17.8 Å². The van der Waals surface area contributed by atoms with Crippen LogP contribution in [0.15, 0.2) is 0 Å². The summed E-state index contributed by atoms with van der Waals surface area (Å²) in [4.78, 5) is 51.7. The molecule has 0 aliphatic carbocycles. The van der Waals surface area contributed by atoms with Crippen LogP contribution >= 0.6 is 0 Å². The third-order valence-electron chi connectivity index (χ3n) is 7.50. The fourth-order valence-electron chi connectivity index (χ4n) is 3.62.